The van der Waals surface area contributed by atoms with Crippen LogP contribution < -0.4 is 22.0 Å². The van der Waals surface area contributed by atoms with Crippen molar-refractivity contribution >= 4 is 34.5 Å². The summed E-state index contributed by atoms with van der Waals surface area (Å²) in [5.74, 6) is -0.691. The van der Waals surface area contributed by atoms with Gasteiger partial charge in [-0.1, -0.05) is 0 Å². The van der Waals surface area contributed by atoms with E-state index in [2.05, 4.69) is 20.6 Å². The number of nitrogens with zero attached hydrogens (tertiary/aromatic N) is 2. The zero-order valence-electron chi connectivity index (χ0n) is 18.0. The maximum absolute atomic E-state index is 12.6. The number of aromatic nitrogens is 4. The van der Waals surface area contributed by atoms with Crippen molar-refractivity contribution in [2.45, 2.75) is 0 Å². The summed E-state index contributed by atoms with van der Waals surface area (Å²) in [6.45, 7) is 0. The lowest BCUT2D eigenvalue weighted by atomic mass is 10.2. The van der Waals surface area contributed by atoms with E-state index in [9.17, 15) is 19.2 Å². The number of carbonyl (C=O) groups excluding carboxylic acids is 2. The molecule has 4 N–H and O–H groups in total. The van der Waals surface area contributed by atoms with Crippen LogP contribution in [-0.4, -0.2) is 30.9 Å². The van der Waals surface area contributed by atoms with E-state index in [0.717, 1.165) is 11.3 Å². The number of hydrogen-bond acceptors (Lipinski definition) is 5. The molecule has 3 aromatic heterocycles. The fourth-order valence-electron chi connectivity index (χ4n) is 3.43. The van der Waals surface area contributed by atoms with E-state index < -0.39 is 0 Å². The minimum atomic E-state index is -0.345. The zero-order chi connectivity index (χ0) is 24.4. The summed E-state index contributed by atoms with van der Waals surface area (Å²) >= 11 is 1.07. The number of H-pyrrole nitrogens is 2. The van der Waals surface area contributed by atoms with Gasteiger partial charge in [-0.05, 0) is 60.7 Å². The topological polar surface area (TPSA) is 134 Å². The van der Waals surface area contributed by atoms with Crippen LogP contribution in [0, 0.1) is 0 Å². The first-order valence-electron chi connectivity index (χ1n) is 10.4. The highest BCUT2D eigenvalue weighted by molar-refractivity contribution is 7.16. The summed E-state index contributed by atoms with van der Waals surface area (Å²) in [6, 6.07) is 16.8. The van der Waals surface area contributed by atoms with E-state index in [0.29, 0.717) is 32.5 Å². The predicted molar refractivity (Wildman–Crippen MR) is 133 cm³/mol. The maximum Gasteiger partial charge on any atom is 0.330 e. The van der Waals surface area contributed by atoms with Gasteiger partial charge in [-0.25, -0.2) is 9.59 Å². The molecule has 35 heavy (non-hydrogen) atoms. The number of anilines is 2. The summed E-state index contributed by atoms with van der Waals surface area (Å²) in [4.78, 5) is 54.6. The van der Waals surface area contributed by atoms with Crippen molar-refractivity contribution in [3.05, 3.63) is 116 Å². The summed E-state index contributed by atoms with van der Waals surface area (Å²) < 4.78 is 2.90. The number of aromatic amines is 2. The smallest absolute Gasteiger partial charge is 0.321 e. The Kier molecular flexibility index (Phi) is 5.73. The lowest BCUT2D eigenvalue weighted by molar-refractivity contribution is 0.102. The Morgan fingerprint density at radius 2 is 1.03 bits per heavy atom. The highest BCUT2D eigenvalue weighted by Gasteiger charge is 2.15. The molecule has 0 unspecified atom stereocenters. The molecule has 0 radical (unpaired) electrons. The molecule has 11 heteroatoms. The third-order valence-corrected chi connectivity index (χ3v) is 6.24. The van der Waals surface area contributed by atoms with Crippen molar-refractivity contribution in [1.82, 2.24) is 19.1 Å². The molecular formula is C24H18N6O4S. The monoisotopic (exact) mass is 486 g/mol. The van der Waals surface area contributed by atoms with E-state index in [-0.39, 0.29) is 23.2 Å². The quantitative estimate of drug-likeness (QED) is 0.293. The molecule has 0 aliphatic carbocycles. The number of nitrogens with one attached hydrogen (secondary N) is 4. The second-order valence-electron chi connectivity index (χ2n) is 7.44. The van der Waals surface area contributed by atoms with Crippen LogP contribution in [0.4, 0.5) is 11.4 Å². The first-order chi connectivity index (χ1) is 17.0. The van der Waals surface area contributed by atoms with Gasteiger partial charge in [0.05, 0.1) is 21.1 Å². The summed E-state index contributed by atoms with van der Waals surface area (Å²) in [6.07, 6.45) is 6.32. The van der Waals surface area contributed by atoms with Crippen molar-refractivity contribution in [2.75, 3.05) is 10.6 Å². The molecule has 0 aliphatic heterocycles. The first kappa shape index (κ1) is 21.9. The van der Waals surface area contributed by atoms with Crippen molar-refractivity contribution in [3.8, 4) is 11.4 Å². The molecule has 0 saturated heterocycles. The van der Waals surface area contributed by atoms with Gasteiger partial charge in [0.2, 0.25) is 0 Å². The minimum Gasteiger partial charge on any atom is -0.321 e. The lowest BCUT2D eigenvalue weighted by Crippen LogP contribution is -2.14. The molecule has 2 amide bonds. The van der Waals surface area contributed by atoms with Crippen molar-refractivity contribution < 1.29 is 9.59 Å². The Labute approximate surface area is 201 Å². The third-order valence-electron chi connectivity index (χ3n) is 5.16. The Balaban J connectivity index is 1.22. The lowest BCUT2D eigenvalue weighted by Gasteiger charge is -2.06. The van der Waals surface area contributed by atoms with E-state index >= 15 is 0 Å². The molecule has 10 nitrogen and oxygen atoms in total. The Bertz CT molecular complexity index is 1500. The summed E-state index contributed by atoms with van der Waals surface area (Å²) in [5, 5.41) is 5.57. The highest BCUT2D eigenvalue weighted by atomic mass is 32.1. The van der Waals surface area contributed by atoms with Gasteiger partial charge in [0, 0.05) is 36.2 Å². The Morgan fingerprint density at radius 3 is 1.37 bits per heavy atom. The number of rotatable bonds is 6. The van der Waals surface area contributed by atoms with Crippen molar-refractivity contribution in [2.24, 2.45) is 0 Å². The molecule has 0 spiro atoms. The standard InChI is InChI=1S/C24H18N6O4S/c31-21(27-15-1-5-17(6-2-15)29-13-11-25-23(29)33)19-9-10-20(35-19)22(32)28-16-3-7-18(8-4-16)30-14-12-26-24(30)34/h1-14H,(H,25,33)(H,26,34)(H,27,31)(H,28,32). The molecule has 0 aliphatic rings. The number of imidazole rings is 2. The molecule has 5 rings (SSSR count). The van der Waals surface area contributed by atoms with Gasteiger partial charge in [0.1, 0.15) is 0 Å². The van der Waals surface area contributed by atoms with Gasteiger partial charge >= 0.3 is 11.4 Å². The number of amides is 2. The minimum absolute atomic E-state index is 0.252. The molecule has 0 atom stereocenters. The Hall–Kier alpha value is -4.90. The maximum atomic E-state index is 12.6. The van der Waals surface area contributed by atoms with Gasteiger partial charge in [0.25, 0.3) is 11.8 Å². The SMILES string of the molecule is O=C(Nc1ccc(-n2cc[nH]c2=O)cc1)c1ccc(C(=O)Nc2ccc(-n3cc[nH]c3=O)cc2)s1. The molecule has 5 aromatic rings. The second kappa shape index (κ2) is 9.15. The van der Waals surface area contributed by atoms with Crippen LogP contribution in [0.1, 0.15) is 19.3 Å². The highest BCUT2D eigenvalue weighted by Crippen LogP contribution is 2.21. The van der Waals surface area contributed by atoms with E-state index in [1.165, 1.54) is 9.13 Å². The van der Waals surface area contributed by atoms with Crippen LogP contribution >= 0.6 is 11.3 Å². The number of hydrogen-bond donors (Lipinski definition) is 4. The zero-order valence-corrected chi connectivity index (χ0v) is 18.8. The fourth-order valence-corrected chi connectivity index (χ4v) is 4.22. The average Bonchev–Trinajstić information content (AvgIpc) is 3.61. The molecule has 174 valence electrons. The predicted octanol–water partition coefficient (Wildman–Crippen LogP) is 3.21. The molecular weight excluding hydrogens is 468 g/mol. The van der Waals surface area contributed by atoms with Gasteiger partial charge in [-0.15, -0.1) is 11.3 Å². The van der Waals surface area contributed by atoms with Crippen molar-refractivity contribution in [1.29, 1.82) is 0 Å². The normalized spacial score (nSPS) is 10.7. The average molecular weight is 487 g/mol. The van der Waals surface area contributed by atoms with Crippen LogP contribution in [0.15, 0.2) is 95.0 Å². The van der Waals surface area contributed by atoms with E-state index in [1.807, 2.05) is 0 Å². The van der Waals surface area contributed by atoms with Crippen LogP contribution in [0.25, 0.3) is 11.4 Å². The molecule has 2 aromatic carbocycles. The number of carbonyl (C=O) groups is 2. The molecule has 0 bridgehead atoms. The van der Waals surface area contributed by atoms with Crippen LogP contribution in [0.2, 0.25) is 0 Å². The molecule has 3 heterocycles. The van der Waals surface area contributed by atoms with Crippen LogP contribution in [0.3, 0.4) is 0 Å². The summed E-state index contributed by atoms with van der Waals surface area (Å²) in [7, 11) is 0. The van der Waals surface area contributed by atoms with Gasteiger partial charge in [-0.2, -0.15) is 0 Å². The largest absolute Gasteiger partial charge is 0.330 e. The fraction of sp³-hybridized carbons (Fsp3) is 0. The summed E-state index contributed by atoms with van der Waals surface area (Å²) in [5.41, 5.74) is 1.94. The Morgan fingerprint density at radius 1 is 0.629 bits per heavy atom. The van der Waals surface area contributed by atoms with Crippen molar-refractivity contribution in [3.63, 3.8) is 0 Å². The second-order valence-corrected chi connectivity index (χ2v) is 8.52. The van der Waals surface area contributed by atoms with Crippen LogP contribution in [-0.2, 0) is 0 Å². The number of benzene rings is 2. The molecule has 0 saturated carbocycles. The number of thiophene rings is 1. The van der Waals surface area contributed by atoms with Gasteiger partial charge < -0.3 is 20.6 Å². The first-order valence-corrected chi connectivity index (χ1v) is 11.2. The van der Waals surface area contributed by atoms with Crippen LogP contribution in [0.5, 0.6) is 0 Å². The van der Waals surface area contributed by atoms with Gasteiger partial charge in [0.15, 0.2) is 0 Å². The molecule has 0 fully saturated rings. The van der Waals surface area contributed by atoms with Gasteiger partial charge in [-0.3, -0.25) is 18.7 Å². The third kappa shape index (κ3) is 4.61. The van der Waals surface area contributed by atoms with E-state index in [1.54, 1.807) is 85.5 Å². The van der Waals surface area contributed by atoms with E-state index in [4.69, 9.17) is 0 Å².